The van der Waals surface area contributed by atoms with Crippen molar-refractivity contribution in [3.63, 3.8) is 0 Å². The highest BCUT2D eigenvalue weighted by atomic mass is 19.1. The first-order chi connectivity index (χ1) is 11.7. The van der Waals surface area contributed by atoms with Crippen molar-refractivity contribution in [2.45, 2.75) is 25.8 Å². The second kappa shape index (κ2) is 5.63. The minimum Gasteiger partial charge on any atom is -0.460 e. The van der Waals surface area contributed by atoms with Crippen LogP contribution in [0.15, 0.2) is 47.0 Å². The monoisotopic (exact) mass is 325 g/mol. The highest BCUT2D eigenvalue weighted by Gasteiger charge is 2.31. The summed E-state index contributed by atoms with van der Waals surface area (Å²) in [5, 5.41) is 7.17. The van der Waals surface area contributed by atoms with Crippen molar-refractivity contribution in [3.8, 4) is 11.3 Å². The highest BCUT2D eigenvalue weighted by Crippen LogP contribution is 2.39. The summed E-state index contributed by atoms with van der Waals surface area (Å²) < 4.78 is 21.6. The molecule has 0 aliphatic carbocycles. The molecule has 0 saturated heterocycles. The third kappa shape index (κ3) is 2.31. The van der Waals surface area contributed by atoms with Crippen LogP contribution in [0.5, 0.6) is 0 Å². The van der Waals surface area contributed by atoms with Gasteiger partial charge in [-0.1, -0.05) is 12.1 Å². The molecule has 0 saturated carbocycles. The molecule has 1 amide bonds. The zero-order valence-electron chi connectivity index (χ0n) is 13.1. The molecule has 0 radical (unpaired) electrons. The van der Waals surface area contributed by atoms with Crippen molar-refractivity contribution >= 4 is 11.7 Å². The van der Waals surface area contributed by atoms with E-state index in [-0.39, 0.29) is 24.1 Å². The number of halogens is 1. The van der Waals surface area contributed by atoms with Crippen molar-refractivity contribution in [1.29, 1.82) is 0 Å². The van der Waals surface area contributed by atoms with E-state index in [9.17, 15) is 9.18 Å². The van der Waals surface area contributed by atoms with E-state index in [4.69, 9.17) is 4.42 Å². The van der Waals surface area contributed by atoms with E-state index in [1.165, 1.54) is 6.07 Å². The average Bonchev–Trinajstić information content (AvgIpc) is 3.21. The molecule has 122 valence electrons. The number of benzene rings is 1. The van der Waals surface area contributed by atoms with Crippen LogP contribution in [-0.2, 0) is 11.3 Å². The van der Waals surface area contributed by atoms with Crippen LogP contribution in [-0.4, -0.2) is 15.7 Å². The van der Waals surface area contributed by atoms with Crippen LogP contribution in [0.1, 0.15) is 30.6 Å². The summed E-state index contributed by atoms with van der Waals surface area (Å²) in [5.74, 6) is 1.18. The largest absolute Gasteiger partial charge is 0.460 e. The molecule has 1 aliphatic rings. The molecule has 24 heavy (non-hydrogen) atoms. The zero-order chi connectivity index (χ0) is 16.7. The lowest BCUT2D eigenvalue weighted by molar-refractivity contribution is -0.116. The summed E-state index contributed by atoms with van der Waals surface area (Å²) in [6, 6.07) is 10.0. The summed E-state index contributed by atoms with van der Waals surface area (Å²) in [4.78, 5) is 12.1. The van der Waals surface area contributed by atoms with Gasteiger partial charge < -0.3 is 9.73 Å². The Hall–Kier alpha value is -2.89. The van der Waals surface area contributed by atoms with Gasteiger partial charge in [-0.25, -0.2) is 9.07 Å². The maximum Gasteiger partial charge on any atom is 0.226 e. The van der Waals surface area contributed by atoms with Crippen molar-refractivity contribution in [3.05, 3.63) is 59.7 Å². The van der Waals surface area contributed by atoms with Gasteiger partial charge in [0.15, 0.2) is 0 Å². The Morgan fingerprint density at radius 1 is 1.33 bits per heavy atom. The fourth-order valence-electron chi connectivity index (χ4n) is 3.11. The predicted molar refractivity (Wildman–Crippen MR) is 87.1 cm³/mol. The number of furan rings is 1. The van der Waals surface area contributed by atoms with Gasteiger partial charge in [-0.05, 0) is 31.2 Å². The van der Waals surface area contributed by atoms with Gasteiger partial charge in [0.1, 0.15) is 23.2 Å². The Bertz CT molecular complexity index is 913. The average molecular weight is 325 g/mol. The lowest BCUT2D eigenvalue weighted by Crippen LogP contribution is -2.24. The van der Waals surface area contributed by atoms with Crippen molar-refractivity contribution in [2.24, 2.45) is 0 Å². The Morgan fingerprint density at radius 3 is 2.96 bits per heavy atom. The smallest absolute Gasteiger partial charge is 0.226 e. The van der Waals surface area contributed by atoms with Gasteiger partial charge in [-0.15, -0.1) is 0 Å². The lowest BCUT2D eigenvalue weighted by Gasteiger charge is -2.21. The Kier molecular flexibility index (Phi) is 3.45. The molecule has 1 atom stereocenters. The van der Waals surface area contributed by atoms with Crippen LogP contribution in [0, 0.1) is 5.82 Å². The number of fused-ring (bicyclic) bond motifs is 1. The summed E-state index contributed by atoms with van der Waals surface area (Å²) in [7, 11) is 0. The molecule has 0 fully saturated rings. The summed E-state index contributed by atoms with van der Waals surface area (Å²) in [6.07, 6.45) is 2.04. The van der Waals surface area contributed by atoms with Gasteiger partial charge >= 0.3 is 0 Å². The number of hydrogen-bond acceptors (Lipinski definition) is 3. The number of aromatic nitrogens is 2. The SMILES string of the molecule is CCn1ncc2c1NC(=O)CC2c1ccc(-c2ccccc2F)o1. The minimum atomic E-state index is -0.334. The number of carbonyl (C=O) groups excluding carboxylic acids is 1. The van der Waals surface area contributed by atoms with E-state index < -0.39 is 0 Å². The second-order valence-electron chi connectivity index (χ2n) is 5.75. The van der Waals surface area contributed by atoms with Crippen LogP contribution in [0.4, 0.5) is 10.2 Å². The first kappa shape index (κ1) is 14.7. The minimum absolute atomic E-state index is 0.0773. The molecular formula is C18H16FN3O2. The predicted octanol–water partition coefficient (Wildman–Crippen LogP) is 3.78. The molecule has 0 spiro atoms. The van der Waals surface area contributed by atoms with E-state index in [0.717, 1.165) is 5.56 Å². The number of rotatable bonds is 3. The van der Waals surface area contributed by atoms with Gasteiger partial charge in [-0.3, -0.25) is 4.79 Å². The van der Waals surface area contributed by atoms with E-state index in [1.807, 2.05) is 6.92 Å². The van der Waals surface area contributed by atoms with Gasteiger partial charge in [0.25, 0.3) is 0 Å². The van der Waals surface area contributed by atoms with Gasteiger partial charge in [0, 0.05) is 18.5 Å². The lowest BCUT2D eigenvalue weighted by atomic mass is 9.92. The summed E-state index contributed by atoms with van der Waals surface area (Å²) in [5.41, 5.74) is 1.33. The van der Waals surface area contributed by atoms with Crippen molar-refractivity contribution in [2.75, 3.05) is 5.32 Å². The van der Waals surface area contributed by atoms with Gasteiger partial charge in [0.05, 0.1) is 17.7 Å². The van der Waals surface area contributed by atoms with Gasteiger partial charge in [0.2, 0.25) is 5.91 Å². The number of nitrogens with zero attached hydrogens (tertiary/aromatic N) is 2. The maximum atomic E-state index is 13.9. The van der Waals surface area contributed by atoms with Crippen LogP contribution < -0.4 is 5.32 Å². The number of amides is 1. The molecule has 4 rings (SSSR count). The number of nitrogens with one attached hydrogen (secondary N) is 1. The number of anilines is 1. The first-order valence-corrected chi connectivity index (χ1v) is 7.87. The number of hydrogen-bond donors (Lipinski definition) is 1. The molecular weight excluding hydrogens is 309 g/mol. The Morgan fingerprint density at radius 2 is 2.17 bits per heavy atom. The molecule has 1 N–H and O–H groups in total. The molecule has 3 heterocycles. The fraction of sp³-hybridized carbons (Fsp3) is 0.222. The molecule has 1 aliphatic heterocycles. The fourth-order valence-corrected chi connectivity index (χ4v) is 3.11. The summed E-state index contributed by atoms with van der Waals surface area (Å²) >= 11 is 0. The van der Waals surface area contributed by atoms with Crippen LogP contribution in [0.2, 0.25) is 0 Å². The van der Waals surface area contributed by atoms with Crippen LogP contribution in [0.25, 0.3) is 11.3 Å². The standard InChI is InChI=1S/C18H16FN3O2/c1-2-22-18-13(10-20-22)12(9-17(23)21-18)16-8-7-15(24-16)11-5-3-4-6-14(11)19/h3-8,10,12H,2,9H2,1H3,(H,21,23). The summed E-state index contributed by atoms with van der Waals surface area (Å²) in [6.45, 7) is 2.63. The Labute approximate surface area is 138 Å². The normalized spacial score (nSPS) is 16.8. The maximum absolute atomic E-state index is 13.9. The van der Waals surface area contributed by atoms with Crippen LogP contribution in [0.3, 0.4) is 0 Å². The molecule has 6 heteroatoms. The molecule has 1 aromatic carbocycles. The quantitative estimate of drug-likeness (QED) is 0.797. The van der Waals surface area contributed by atoms with Crippen molar-refractivity contribution in [1.82, 2.24) is 9.78 Å². The van der Waals surface area contributed by atoms with E-state index in [2.05, 4.69) is 10.4 Å². The van der Waals surface area contributed by atoms with E-state index in [0.29, 0.717) is 29.4 Å². The molecule has 3 aromatic rings. The van der Waals surface area contributed by atoms with E-state index in [1.54, 1.807) is 41.2 Å². The van der Waals surface area contributed by atoms with E-state index >= 15 is 0 Å². The third-order valence-electron chi connectivity index (χ3n) is 4.30. The number of carbonyl (C=O) groups is 1. The van der Waals surface area contributed by atoms with Gasteiger partial charge in [-0.2, -0.15) is 5.10 Å². The van der Waals surface area contributed by atoms with Crippen LogP contribution >= 0.6 is 0 Å². The molecule has 1 unspecified atom stereocenters. The molecule has 5 nitrogen and oxygen atoms in total. The Balaban J connectivity index is 1.74. The molecule has 2 aromatic heterocycles. The second-order valence-corrected chi connectivity index (χ2v) is 5.75. The third-order valence-corrected chi connectivity index (χ3v) is 4.30. The zero-order valence-corrected chi connectivity index (χ0v) is 13.1. The highest BCUT2D eigenvalue weighted by molar-refractivity contribution is 5.94. The topological polar surface area (TPSA) is 60.1 Å². The first-order valence-electron chi connectivity index (χ1n) is 7.87. The molecule has 0 bridgehead atoms. The van der Waals surface area contributed by atoms with Crippen molar-refractivity contribution < 1.29 is 13.6 Å². The number of aryl methyl sites for hydroxylation is 1.